The minimum atomic E-state index is 0.378. The molecule has 0 aromatic carbocycles. The van der Waals surface area contributed by atoms with Crippen LogP contribution in [0, 0.1) is 17.3 Å². The van der Waals surface area contributed by atoms with Crippen LogP contribution in [-0.4, -0.2) is 25.8 Å². The Bertz CT molecular complexity index is 203. The van der Waals surface area contributed by atoms with E-state index in [0.717, 1.165) is 31.7 Å². The normalized spacial score (nSPS) is 18.7. The molecule has 0 spiro atoms. The molecule has 2 heteroatoms. The van der Waals surface area contributed by atoms with Crippen LogP contribution in [0.5, 0.6) is 0 Å². The minimum absolute atomic E-state index is 0.378. The van der Waals surface area contributed by atoms with Gasteiger partial charge >= 0.3 is 0 Å². The highest BCUT2D eigenvalue weighted by molar-refractivity contribution is 4.84. The molecule has 0 bridgehead atoms. The van der Waals surface area contributed by atoms with Gasteiger partial charge in [0.25, 0.3) is 0 Å². The van der Waals surface area contributed by atoms with Crippen LogP contribution in [0.15, 0.2) is 0 Å². The van der Waals surface area contributed by atoms with Crippen molar-refractivity contribution in [3.05, 3.63) is 0 Å². The lowest BCUT2D eigenvalue weighted by molar-refractivity contribution is 0.0798. The molecule has 1 rings (SSSR count). The zero-order valence-corrected chi connectivity index (χ0v) is 12.4. The summed E-state index contributed by atoms with van der Waals surface area (Å²) in [7, 11) is 0. The SMILES string of the molecule is CC(C)COCCC(CNC1CC1)C(C)(C)C. The van der Waals surface area contributed by atoms with Crippen LogP contribution in [0.1, 0.15) is 53.9 Å². The van der Waals surface area contributed by atoms with E-state index >= 15 is 0 Å². The summed E-state index contributed by atoms with van der Waals surface area (Å²) in [6, 6.07) is 0.816. The number of hydrogen-bond donors (Lipinski definition) is 1. The van der Waals surface area contributed by atoms with Gasteiger partial charge in [0.05, 0.1) is 0 Å². The van der Waals surface area contributed by atoms with Gasteiger partial charge in [-0.15, -0.1) is 0 Å². The molecule has 0 saturated heterocycles. The molecule has 0 radical (unpaired) electrons. The third-order valence-corrected chi connectivity index (χ3v) is 3.52. The number of nitrogens with one attached hydrogen (secondary N) is 1. The van der Waals surface area contributed by atoms with Crippen LogP contribution >= 0.6 is 0 Å². The van der Waals surface area contributed by atoms with Crippen molar-refractivity contribution in [3.63, 3.8) is 0 Å². The largest absolute Gasteiger partial charge is 0.381 e. The van der Waals surface area contributed by atoms with Gasteiger partial charge in [-0.3, -0.25) is 0 Å². The van der Waals surface area contributed by atoms with E-state index in [1.54, 1.807) is 0 Å². The van der Waals surface area contributed by atoms with Crippen molar-refractivity contribution in [2.24, 2.45) is 17.3 Å². The first-order valence-corrected chi connectivity index (χ1v) is 7.20. The molecule has 1 atom stereocenters. The molecule has 1 N–H and O–H groups in total. The average Bonchev–Trinajstić information content (AvgIpc) is 2.97. The molecule has 0 aliphatic heterocycles. The summed E-state index contributed by atoms with van der Waals surface area (Å²) in [5.74, 6) is 1.36. The molecule has 0 heterocycles. The van der Waals surface area contributed by atoms with E-state index in [0.29, 0.717) is 11.3 Å². The first-order valence-electron chi connectivity index (χ1n) is 7.20. The predicted octanol–water partition coefficient (Wildman–Crippen LogP) is 3.46. The number of hydrogen-bond acceptors (Lipinski definition) is 2. The fraction of sp³-hybridized carbons (Fsp3) is 1.00. The summed E-state index contributed by atoms with van der Waals surface area (Å²) < 4.78 is 5.72. The third kappa shape index (κ3) is 7.05. The van der Waals surface area contributed by atoms with Gasteiger partial charge < -0.3 is 10.1 Å². The Hall–Kier alpha value is -0.0800. The number of ether oxygens (including phenoxy) is 1. The van der Waals surface area contributed by atoms with E-state index in [1.165, 1.54) is 19.3 Å². The monoisotopic (exact) mass is 241 g/mol. The molecule has 1 unspecified atom stereocenters. The van der Waals surface area contributed by atoms with Crippen molar-refractivity contribution in [1.82, 2.24) is 5.32 Å². The topological polar surface area (TPSA) is 21.3 Å². The first kappa shape index (κ1) is 15.0. The predicted molar refractivity (Wildman–Crippen MR) is 74.2 cm³/mol. The molecular formula is C15H31NO. The molecule has 0 amide bonds. The zero-order chi connectivity index (χ0) is 12.9. The van der Waals surface area contributed by atoms with E-state index in [1.807, 2.05) is 0 Å². The summed E-state index contributed by atoms with van der Waals surface area (Å²) in [5, 5.41) is 3.66. The van der Waals surface area contributed by atoms with Gasteiger partial charge in [-0.25, -0.2) is 0 Å². The van der Waals surface area contributed by atoms with Crippen LogP contribution < -0.4 is 5.32 Å². The van der Waals surface area contributed by atoms with Gasteiger partial charge in [-0.05, 0) is 43.1 Å². The smallest absolute Gasteiger partial charge is 0.0488 e. The maximum Gasteiger partial charge on any atom is 0.0488 e. The maximum absolute atomic E-state index is 5.72. The quantitative estimate of drug-likeness (QED) is 0.657. The summed E-state index contributed by atoms with van der Waals surface area (Å²) in [4.78, 5) is 0. The second-order valence-corrected chi connectivity index (χ2v) is 7.00. The van der Waals surface area contributed by atoms with E-state index in [9.17, 15) is 0 Å². The van der Waals surface area contributed by atoms with Gasteiger partial charge in [0, 0.05) is 19.3 Å². The highest BCUT2D eigenvalue weighted by atomic mass is 16.5. The molecule has 1 fully saturated rings. The van der Waals surface area contributed by atoms with E-state index in [4.69, 9.17) is 4.74 Å². The highest BCUT2D eigenvalue weighted by Crippen LogP contribution is 2.29. The van der Waals surface area contributed by atoms with Crippen LogP contribution in [0.25, 0.3) is 0 Å². The van der Waals surface area contributed by atoms with Gasteiger partial charge in [-0.1, -0.05) is 34.6 Å². The fourth-order valence-corrected chi connectivity index (χ4v) is 1.98. The van der Waals surface area contributed by atoms with Gasteiger partial charge in [0.1, 0.15) is 0 Å². The van der Waals surface area contributed by atoms with Crippen LogP contribution in [0.4, 0.5) is 0 Å². The molecule has 0 aromatic rings. The van der Waals surface area contributed by atoms with Crippen molar-refractivity contribution in [3.8, 4) is 0 Å². The molecular weight excluding hydrogens is 210 g/mol. The van der Waals surface area contributed by atoms with E-state index in [-0.39, 0.29) is 0 Å². The standard InChI is InChI=1S/C15H31NO/c1-12(2)11-17-9-8-13(15(3,4)5)10-16-14-6-7-14/h12-14,16H,6-11H2,1-5H3. The second kappa shape index (κ2) is 6.75. The Morgan fingerprint density at radius 1 is 1.24 bits per heavy atom. The molecule has 1 saturated carbocycles. The average molecular weight is 241 g/mol. The second-order valence-electron chi connectivity index (χ2n) is 7.00. The Morgan fingerprint density at radius 2 is 1.88 bits per heavy atom. The van der Waals surface area contributed by atoms with Gasteiger partial charge in [0.15, 0.2) is 0 Å². The van der Waals surface area contributed by atoms with Crippen molar-refractivity contribution >= 4 is 0 Å². The first-order chi connectivity index (χ1) is 7.89. The van der Waals surface area contributed by atoms with Crippen LogP contribution in [-0.2, 0) is 4.74 Å². The zero-order valence-electron chi connectivity index (χ0n) is 12.4. The summed E-state index contributed by atoms with van der Waals surface area (Å²) in [6.45, 7) is 14.4. The highest BCUT2D eigenvalue weighted by Gasteiger charge is 2.27. The summed E-state index contributed by atoms with van der Waals surface area (Å²) >= 11 is 0. The van der Waals surface area contributed by atoms with Crippen molar-refractivity contribution < 1.29 is 4.74 Å². The van der Waals surface area contributed by atoms with Crippen molar-refractivity contribution in [1.29, 1.82) is 0 Å². The van der Waals surface area contributed by atoms with Crippen LogP contribution in [0.2, 0.25) is 0 Å². The lowest BCUT2D eigenvalue weighted by Gasteiger charge is -2.31. The fourth-order valence-electron chi connectivity index (χ4n) is 1.98. The summed E-state index contributed by atoms with van der Waals surface area (Å²) in [6.07, 6.45) is 3.93. The van der Waals surface area contributed by atoms with Crippen LogP contribution in [0.3, 0.4) is 0 Å². The van der Waals surface area contributed by atoms with Crippen molar-refractivity contribution in [2.45, 2.75) is 59.9 Å². The Kier molecular flexibility index (Phi) is 5.94. The van der Waals surface area contributed by atoms with Gasteiger partial charge in [0.2, 0.25) is 0 Å². The van der Waals surface area contributed by atoms with Gasteiger partial charge in [-0.2, -0.15) is 0 Å². The molecule has 2 nitrogen and oxygen atoms in total. The minimum Gasteiger partial charge on any atom is -0.381 e. The molecule has 102 valence electrons. The Labute approximate surface area is 108 Å². The van der Waals surface area contributed by atoms with E-state index < -0.39 is 0 Å². The molecule has 1 aliphatic rings. The maximum atomic E-state index is 5.72. The van der Waals surface area contributed by atoms with E-state index in [2.05, 4.69) is 39.9 Å². The summed E-state index contributed by atoms with van der Waals surface area (Å²) in [5.41, 5.74) is 0.378. The lowest BCUT2D eigenvalue weighted by Crippen LogP contribution is -2.33. The Morgan fingerprint density at radius 3 is 2.35 bits per heavy atom. The van der Waals surface area contributed by atoms with Crippen molar-refractivity contribution in [2.75, 3.05) is 19.8 Å². The Balaban J connectivity index is 2.19. The molecule has 17 heavy (non-hydrogen) atoms. The molecule has 0 aromatic heterocycles. The third-order valence-electron chi connectivity index (χ3n) is 3.52. The molecule has 1 aliphatic carbocycles. The lowest BCUT2D eigenvalue weighted by atomic mass is 9.79. The number of rotatable bonds is 8.